The average Bonchev–Trinajstić information content (AvgIpc) is 2.72. The molecule has 0 radical (unpaired) electrons. The van der Waals surface area contributed by atoms with Gasteiger partial charge in [0, 0.05) is 16.6 Å². The molecule has 0 aliphatic carbocycles. The van der Waals surface area contributed by atoms with Gasteiger partial charge in [-0.15, -0.1) is 0 Å². The summed E-state index contributed by atoms with van der Waals surface area (Å²) in [6, 6.07) is 17.6. The molecule has 31 heavy (non-hydrogen) atoms. The lowest BCUT2D eigenvalue weighted by molar-refractivity contribution is -0.116. The van der Waals surface area contributed by atoms with E-state index in [0.29, 0.717) is 16.3 Å². The number of nitrogens with zero attached hydrogens (tertiary/aromatic N) is 1. The molecule has 3 rings (SSSR count). The van der Waals surface area contributed by atoms with Gasteiger partial charge in [0.25, 0.3) is 0 Å². The van der Waals surface area contributed by atoms with Crippen LogP contribution in [-0.4, -0.2) is 25.2 Å². The van der Waals surface area contributed by atoms with E-state index in [9.17, 15) is 13.2 Å². The van der Waals surface area contributed by atoms with E-state index < -0.39 is 22.5 Å². The molecule has 5 nitrogen and oxygen atoms in total. The highest BCUT2D eigenvalue weighted by Gasteiger charge is 2.29. The molecule has 0 atom stereocenters. The van der Waals surface area contributed by atoms with Crippen LogP contribution >= 0.6 is 46.4 Å². The molecule has 0 bridgehead atoms. The predicted octanol–water partition coefficient (Wildman–Crippen LogP) is 6.13. The Labute approximate surface area is 200 Å². The van der Waals surface area contributed by atoms with E-state index in [-0.39, 0.29) is 26.5 Å². The number of carbonyl (C=O) groups is 1. The lowest BCUT2D eigenvalue weighted by Gasteiger charge is -2.23. The minimum Gasteiger partial charge on any atom is -0.324 e. The quantitative estimate of drug-likeness (QED) is 0.410. The summed E-state index contributed by atoms with van der Waals surface area (Å²) in [5.41, 5.74) is 1.01. The van der Waals surface area contributed by atoms with E-state index in [1.807, 2.05) is 6.07 Å². The lowest BCUT2D eigenvalue weighted by atomic mass is 10.2. The fraction of sp³-hybridized carbons (Fsp3) is 0.0952. The Balaban J connectivity index is 1.92. The predicted molar refractivity (Wildman–Crippen MR) is 126 cm³/mol. The third kappa shape index (κ3) is 6.13. The zero-order valence-electron chi connectivity index (χ0n) is 15.9. The summed E-state index contributed by atoms with van der Waals surface area (Å²) in [7, 11) is -4.15. The van der Waals surface area contributed by atoms with Gasteiger partial charge in [0.15, 0.2) is 0 Å². The molecule has 10 heteroatoms. The van der Waals surface area contributed by atoms with Gasteiger partial charge in [-0.1, -0.05) is 76.7 Å². The van der Waals surface area contributed by atoms with E-state index in [1.165, 1.54) is 30.3 Å². The van der Waals surface area contributed by atoms with Crippen LogP contribution in [0.4, 0.5) is 5.69 Å². The molecule has 1 N–H and O–H groups in total. The van der Waals surface area contributed by atoms with Crippen LogP contribution in [0, 0.1) is 0 Å². The highest BCUT2D eigenvalue weighted by Crippen LogP contribution is 2.29. The van der Waals surface area contributed by atoms with Gasteiger partial charge >= 0.3 is 0 Å². The number of hydrogen-bond acceptors (Lipinski definition) is 3. The van der Waals surface area contributed by atoms with Crippen LogP contribution in [0.1, 0.15) is 5.56 Å². The van der Waals surface area contributed by atoms with Gasteiger partial charge in [0.05, 0.1) is 22.3 Å². The zero-order chi connectivity index (χ0) is 22.6. The van der Waals surface area contributed by atoms with Crippen molar-refractivity contribution in [2.45, 2.75) is 11.4 Å². The van der Waals surface area contributed by atoms with Gasteiger partial charge in [-0.25, -0.2) is 8.42 Å². The molecule has 0 aliphatic rings. The summed E-state index contributed by atoms with van der Waals surface area (Å²) in [4.78, 5) is 12.5. The fourth-order valence-corrected chi connectivity index (χ4v) is 5.34. The molecule has 0 aliphatic heterocycles. The number of sulfonamides is 1. The molecule has 3 aromatic rings. The summed E-state index contributed by atoms with van der Waals surface area (Å²) < 4.78 is 27.8. The number of rotatable bonds is 7. The number of nitrogens with one attached hydrogen (secondary N) is 1. The van der Waals surface area contributed by atoms with Crippen molar-refractivity contribution in [3.05, 3.63) is 92.4 Å². The maximum atomic E-state index is 13.4. The molecule has 3 aromatic carbocycles. The third-order valence-corrected chi connectivity index (χ3v) is 7.29. The van der Waals surface area contributed by atoms with Gasteiger partial charge < -0.3 is 5.32 Å². The molecule has 0 fully saturated rings. The summed E-state index contributed by atoms with van der Waals surface area (Å²) in [6.07, 6.45) is 0. The van der Waals surface area contributed by atoms with Crippen molar-refractivity contribution in [3.8, 4) is 0 Å². The van der Waals surface area contributed by atoms with Crippen LogP contribution in [0.3, 0.4) is 0 Å². The molecule has 0 unspecified atom stereocenters. The van der Waals surface area contributed by atoms with Crippen molar-refractivity contribution in [3.63, 3.8) is 0 Å². The van der Waals surface area contributed by atoms with Gasteiger partial charge in [-0.05, 0) is 42.0 Å². The first-order valence-electron chi connectivity index (χ1n) is 8.91. The Morgan fingerprint density at radius 2 is 1.48 bits per heavy atom. The largest absolute Gasteiger partial charge is 0.324 e. The SMILES string of the molecule is O=C(CN(Cc1ccccc1)S(=O)(=O)c1cc(Cl)ccc1Cl)Nc1ccc(Cl)cc1Cl. The summed E-state index contributed by atoms with van der Waals surface area (Å²) in [5, 5.41) is 3.46. The van der Waals surface area contributed by atoms with E-state index >= 15 is 0 Å². The smallest absolute Gasteiger partial charge is 0.245 e. The maximum Gasteiger partial charge on any atom is 0.245 e. The molecule has 0 saturated heterocycles. The molecular weight excluding hydrogens is 502 g/mol. The van der Waals surface area contributed by atoms with E-state index in [4.69, 9.17) is 46.4 Å². The van der Waals surface area contributed by atoms with Crippen molar-refractivity contribution in [2.24, 2.45) is 0 Å². The Morgan fingerprint density at radius 3 is 2.16 bits per heavy atom. The first-order valence-corrected chi connectivity index (χ1v) is 11.9. The van der Waals surface area contributed by atoms with Crippen LogP contribution in [0.15, 0.2) is 71.6 Å². The van der Waals surface area contributed by atoms with Gasteiger partial charge in [0.2, 0.25) is 15.9 Å². The average molecular weight is 518 g/mol. The second-order valence-electron chi connectivity index (χ2n) is 6.51. The van der Waals surface area contributed by atoms with Crippen molar-refractivity contribution in [1.29, 1.82) is 0 Å². The highest BCUT2D eigenvalue weighted by atomic mass is 35.5. The van der Waals surface area contributed by atoms with Gasteiger partial charge in [0.1, 0.15) is 4.90 Å². The Morgan fingerprint density at radius 1 is 0.839 bits per heavy atom. The summed E-state index contributed by atoms with van der Waals surface area (Å²) in [6.45, 7) is -0.521. The standard InChI is InChI=1S/C21H16Cl4N2O3S/c22-15-7-9-19(18(25)10-15)26-21(28)13-27(12-14-4-2-1-3-5-14)31(29,30)20-11-16(23)6-8-17(20)24/h1-11H,12-13H2,(H,26,28). The highest BCUT2D eigenvalue weighted by molar-refractivity contribution is 7.89. The molecule has 1 amide bonds. The van der Waals surface area contributed by atoms with Crippen LogP contribution in [0.25, 0.3) is 0 Å². The van der Waals surface area contributed by atoms with E-state index in [1.54, 1.807) is 30.3 Å². The maximum absolute atomic E-state index is 13.4. The first-order chi connectivity index (χ1) is 14.7. The van der Waals surface area contributed by atoms with Crippen molar-refractivity contribution in [1.82, 2.24) is 4.31 Å². The second kappa shape index (κ2) is 10.2. The second-order valence-corrected chi connectivity index (χ2v) is 10.1. The normalized spacial score (nSPS) is 11.5. The molecule has 0 spiro atoms. The van der Waals surface area contributed by atoms with Crippen molar-refractivity contribution in [2.75, 3.05) is 11.9 Å². The number of benzene rings is 3. The van der Waals surface area contributed by atoms with Crippen molar-refractivity contribution < 1.29 is 13.2 Å². The molecule has 0 saturated carbocycles. The minimum absolute atomic E-state index is 0.00335. The van der Waals surface area contributed by atoms with E-state index in [0.717, 1.165) is 4.31 Å². The van der Waals surface area contributed by atoms with Gasteiger partial charge in [-0.2, -0.15) is 4.31 Å². The number of amides is 1. The van der Waals surface area contributed by atoms with Crippen molar-refractivity contribution >= 4 is 68.0 Å². The van der Waals surface area contributed by atoms with Crippen LogP contribution in [0.2, 0.25) is 20.1 Å². The molecular formula is C21H16Cl4N2O3S. The minimum atomic E-state index is -4.15. The number of hydrogen-bond donors (Lipinski definition) is 1. The van der Waals surface area contributed by atoms with Crippen LogP contribution < -0.4 is 5.32 Å². The van der Waals surface area contributed by atoms with Gasteiger partial charge in [-0.3, -0.25) is 4.79 Å². The third-order valence-electron chi connectivity index (χ3n) is 4.24. The molecule has 162 valence electrons. The number of carbonyl (C=O) groups excluding carboxylic acids is 1. The topological polar surface area (TPSA) is 66.5 Å². The number of anilines is 1. The molecule has 0 heterocycles. The monoisotopic (exact) mass is 516 g/mol. The fourth-order valence-electron chi connectivity index (χ4n) is 2.77. The van der Waals surface area contributed by atoms with Crippen LogP contribution in [-0.2, 0) is 21.4 Å². The first kappa shape index (κ1) is 23.9. The lowest BCUT2D eigenvalue weighted by Crippen LogP contribution is -2.37. The van der Waals surface area contributed by atoms with E-state index in [2.05, 4.69) is 5.32 Å². The Hall–Kier alpha value is -1.80. The van der Waals surface area contributed by atoms with Crippen LogP contribution in [0.5, 0.6) is 0 Å². The number of halogens is 4. The summed E-state index contributed by atoms with van der Waals surface area (Å²) >= 11 is 24.1. The zero-order valence-corrected chi connectivity index (χ0v) is 19.7. The Kier molecular flexibility index (Phi) is 7.86. The summed E-state index contributed by atoms with van der Waals surface area (Å²) in [5.74, 6) is -0.582. The Bertz CT molecular complexity index is 1200. The molecule has 0 aromatic heterocycles.